The minimum Gasteiger partial charge on any atom is -0.380 e. The lowest BCUT2D eigenvalue weighted by atomic mass is 10.0. The first kappa shape index (κ1) is 32.4. The molecule has 1 N–H and O–H groups in total. The largest absolute Gasteiger partial charge is 0.472 e. The molecule has 0 radical (unpaired) electrons. The molecule has 0 rings (SSSR count). The maximum Gasteiger partial charge on any atom is 0.472 e. The topological polar surface area (TPSA) is 65.0 Å². The fourth-order valence-corrected chi connectivity index (χ4v) is 4.37. The number of quaternary nitrogens is 1. The molecule has 0 amide bonds. The predicted molar refractivity (Wildman–Crippen MR) is 139 cm³/mol. The smallest absolute Gasteiger partial charge is 0.380 e. The first-order chi connectivity index (χ1) is 15.2. The average molecular weight is 499 g/mol. The van der Waals surface area contributed by atoms with E-state index >= 15 is 0 Å². The van der Waals surface area contributed by atoms with Crippen LogP contribution in [0.25, 0.3) is 0 Å². The molecule has 0 aromatic carbocycles. The number of hydrogen-bond donors (Lipinski definition) is 2. The molecule has 0 aliphatic rings. The summed E-state index contributed by atoms with van der Waals surface area (Å²) in [4.78, 5) is 9.70. The van der Waals surface area contributed by atoms with E-state index in [0.29, 0.717) is 24.2 Å². The van der Waals surface area contributed by atoms with E-state index in [9.17, 15) is 9.46 Å². The van der Waals surface area contributed by atoms with Crippen LogP contribution in [-0.4, -0.2) is 68.7 Å². The summed E-state index contributed by atoms with van der Waals surface area (Å²) in [6, 6.07) is 0. The molecule has 0 bridgehead atoms. The Balaban J connectivity index is 3.40. The standard InChI is InChI=1S/C24H52NO5PS/c1-5-6-7-8-9-10-11-12-13-14-15-16-17-18-20-28-22-24(32)23-30-31(26,27)29-21-19-25(2,3)4/h24H,5-23H2,1-4H3,(H-,26,27,32)/p+1/t24-/m1/s1. The van der Waals surface area contributed by atoms with Crippen molar-refractivity contribution >= 4 is 20.5 Å². The molecule has 194 valence electrons. The number of unbranched alkanes of at least 4 members (excludes halogenated alkanes) is 13. The highest BCUT2D eigenvalue weighted by molar-refractivity contribution is 7.81. The van der Waals surface area contributed by atoms with Crippen molar-refractivity contribution in [3.8, 4) is 0 Å². The van der Waals surface area contributed by atoms with Gasteiger partial charge >= 0.3 is 7.82 Å². The molecule has 0 spiro atoms. The van der Waals surface area contributed by atoms with Crippen molar-refractivity contribution in [2.45, 2.75) is 102 Å². The minimum atomic E-state index is -4.02. The van der Waals surface area contributed by atoms with Crippen molar-refractivity contribution in [2.24, 2.45) is 0 Å². The Morgan fingerprint density at radius 2 is 1.22 bits per heavy atom. The lowest BCUT2D eigenvalue weighted by Gasteiger charge is -2.24. The SMILES string of the molecule is CCCCCCCCCCCCCCCCOC[C@@H](S)COP(=O)(O)OCC[N+](C)(C)C. The van der Waals surface area contributed by atoms with Crippen LogP contribution in [-0.2, 0) is 18.3 Å². The Hall–Kier alpha value is 0.380. The van der Waals surface area contributed by atoms with Crippen molar-refractivity contribution in [3.63, 3.8) is 0 Å². The van der Waals surface area contributed by atoms with Gasteiger partial charge in [0, 0.05) is 11.9 Å². The molecular weight excluding hydrogens is 445 g/mol. The highest BCUT2D eigenvalue weighted by atomic mass is 32.1. The first-order valence-corrected chi connectivity index (χ1v) is 14.9. The predicted octanol–water partition coefficient (Wildman–Crippen LogP) is 6.62. The summed E-state index contributed by atoms with van der Waals surface area (Å²) in [5.41, 5.74) is 0. The van der Waals surface area contributed by atoms with Crippen molar-refractivity contribution in [3.05, 3.63) is 0 Å². The molecule has 8 heteroatoms. The molecular formula is C24H53NO5PS+. The summed E-state index contributed by atoms with van der Waals surface area (Å²) in [5.74, 6) is 0. The molecule has 0 saturated heterocycles. The van der Waals surface area contributed by atoms with E-state index in [1.54, 1.807) is 0 Å². The van der Waals surface area contributed by atoms with Gasteiger partial charge in [0.15, 0.2) is 0 Å². The number of nitrogens with zero attached hydrogens (tertiary/aromatic N) is 1. The molecule has 0 aliphatic carbocycles. The maximum absolute atomic E-state index is 11.9. The minimum absolute atomic E-state index is 0.0278. The second kappa shape index (κ2) is 20.7. The molecule has 0 heterocycles. The van der Waals surface area contributed by atoms with Crippen LogP contribution in [0.2, 0.25) is 0 Å². The van der Waals surface area contributed by atoms with Gasteiger partial charge < -0.3 is 14.1 Å². The monoisotopic (exact) mass is 498 g/mol. The number of phosphoric ester groups is 1. The van der Waals surface area contributed by atoms with Gasteiger partial charge in [-0.25, -0.2) is 4.57 Å². The van der Waals surface area contributed by atoms with Gasteiger partial charge in [0.05, 0.1) is 34.4 Å². The Morgan fingerprint density at radius 1 is 0.750 bits per heavy atom. The Kier molecular flexibility index (Phi) is 21.0. The normalized spacial score (nSPS) is 15.1. The molecule has 0 aliphatic heterocycles. The summed E-state index contributed by atoms with van der Waals surface area (Å²) < 4.78 is 28.1. The third-order valence-electron chi connectivity index (χ3n) is 5.40. The summed E-state index contributed by atoms with van der Waals surface area (Å²) in [5, 5.41) is -0.246. The Labute approximate surface area is 204 Å². The van der Waals surface area contributed by atoms with E-state index in [4.69, 9.17) is 13.8 Å². The van der Waals surface area contributed by atoms with Crippen LogP contribution in [0.15, 0.2) is 0 Å². The van der Waals surface area contributed by atoms with Crippen LogP contribution in [0.4, 0.5) is 0 Å². The molecule has 0 aromatic rings. The van der Waals surface area contributed by atoms with E-state index in [-0.39, 0.29) is 18.5 Å². The number of rotatable bonds is 24. The third kappa shape index (κ3) is 25.0. The fraction of sp³-hybridized carbons (Fsp3) is 1.00. The van der Waals surface area contributed by atoms with Gasteiger partial charge in [-0.2, -0.15) is 12.6 Å². The van der Waals surface area contributed by atoms with E-state index < -0.39 is 7.82 Å². The van der Waals surface area contributed by atoms with Gasteiger partial charge in [-0.05, 0) is 6.42 Å². The second-order valence-corrected chi connectivity index (χ2v) is 12.1. The molecule has 2 atom stereocenters. The van der Waals surface area contributed by atoms with Crippen molar-refractivity contribution < 1.29 is 27.7 Å². The zero-order valence-corrected chi connectivity index (χ0v) is 23.2. The summed E-state index contributed by atoms with van der Waals surface area (Å²) in [7, 11) is 1.95. The summed E-state index contributed by atoms with van der Waals surface area (Å²) in [6.45, 7) is 4.20. The van der Waals surface area contributed by atoms with Gasteiger partial charge in [0.25, 0.3) is 0 Å². The Bertz CT molecular complexity index is 462. The van der Waals surface area contributed by atoms with Crippen molar-refractivity contribution in [1.29, 1.82) is 0 Å². The van der Waals surface area contributed by atoms with Crippen LogP contribution < -0.4 is 0 Å². The number of likely N-dealkylation sites (N-methyl/N-ethyl adjacent to an activating group) is 1. The molecule has 0 saturated carbocycles. The van der Waals surface area contributed by atoms with Crippen LogP contribution in [0.3, 0.4) is 0 Å². The lowest BCUT2D eigenvalue weighted by molar-refractivity contribution is -0.870. The van der Waals surface area contributed by atoms with Crippen LogP contribution in [0.5, 0.6) is 0 Å². The quantitative estimate of drug-likeness (QED) is 0.0677. The van der Waals surface area contributed by atoms with Crippen molar-refractivity contribution in [1.82, 2.24) is 0 Å². The van der Waals surface area contributed by atoms with Gasteiger partial charge in [-0.15, -0.1) is 0 Å². The Morgan fingerprint density at radius 3 is 1.69 bits per heavy atom. The van der Waals surface area contributed by atoms with Gasteiger partial charge in [-0.1, -0.05) is 90.4 Å². The molecule has 32 heavy (non-hydrogen) atoms. The third-order valence-corrected chi connectivity index (χ3v) is 6.68. The average Bonchev–Trinajstić information content (AvgIpc) is 2.71. The summed E-state index contributed by atoms with van der Waals surface area (Å²) >= 11 is 4.37. The second-order valence-electron chi connectivity index (χ2n) is 9.94. The van der Waals surface area contributed by atoms with Crippen LogP contribution in [0, 0.1) is 0 Å². The molecule has 1 unspecified atom stereocenters. The number of thiol groups is 1. The number of hydrogen-bond acceptors (Lipinski definition) is 5. The molecule has 0 fully saturated rings. The summed E-state index contributed by atoms with van der Waals surface area (Å²) in [6.07, 6.45) is 18.8. The van der Waals surface area contributed by atoms with Crippen LogP contribution in [0.1, 0.15) is 96.8 Å². The van der Waals surface area contributed by atoms with Crippen molar-refractivity contribution in [2.75, 3.05) is 54.1 Å². The molecule has 6 nitrogen and oxygen atoms in total. The van der Waals surface area contributed by atoms with Gasteiger partial charge in [0.2, 0.25) is 0 Å². The van der Waals surface area contributed by atoms with Crippen LogP contribution >= 0.6 is 20.5 Å². The highest BCUT2D eigenvalue weighted by Crippen LogP contribution is 2.43. The van der Waals surface area contributed by atoms with Gasteiger partial charge in [0.1, 0.15) is 13.2 Å². The van der Waals surface area contributed by atoms with E-state index in [1.807, 2.05) is 21.1 Å². The zero-order chi connectivity index (χ0) is 24.1. The zero-order valence-electron chi connectivity index (χ0n) is 21.4. The van der Waals surface area contributed by atoms with E-state index in [0.717, 1.165) is 6.42 Å². The first-order valence-electron chi connectivity index (χ1n) is 12.8. The number of ether oxygens (including phenoxy) is 1. The van der Waals surface area contributed by atoms with E-state index in [1.165, 1.54) is 83.5 Å². The lowest BCUT2D eigenvalue weighted by Crippen LogP contribution is -2.37. The number of phosphoric acid groups is 1. The maximum atomic E-state index is 11.9. The van der Waals surface area contributed by atoms with E-state index in [2.05, 4.69) is 19.6 Å². The highest BCUT2D eigenvalue weighted by Gasteiger charge is 2.23. The molecule has 0 aromatic heterocycles. The van der Waals surface area contributed by atoms with Gasteiger partial charge in [-0.3, -0.25) is 9.05 Å². The fourth-order valence-electron chi connectivity index (χ4n) is 3.31.